The molecule has 6 nitrogen and oxygen atoms in total. The Bertz CT molecular complexity index is 551. The molecular formula is C15H22N2O4. The third kappa shape index (κ3) is 4.44. The summed E-state index contributed by atoms with van der Waals surface area (Å²) in [7, 11) is 0. The summed E-state index contributed by atoms with van der Waals surface area (Å²) in [4.78, 5) is 35.4. The second-order valence-electron chi connectivity index (χ2n) is 5.32. The van der Waals surface area contributed by atoms with E-state index in [4.69, 9.17) is 5.11 Å². The Hall–Kier alpha value is -2.11. The van der Waals surface area contributed by atoms with Crippen LogP contribution in [0, 0.1) is 5.92 Å². The van der Waals surface area contributed by atoms with Gasteiger partial charge in [0.05, 0.1) is 0 Å². The third-order valence-corrected chi connectivity index (χ3v) is 3.28. The van der Waals surface area contributed by atoms with Crippen LogP contribution in [0.25, 0.3) is 0 Å². The summed E-state index contributed by atoms with van der Waals surface area (Å²) in [6.07, 6.45) is 2.73. The number of carbonyl (C=O) groups excluding carboxylic acids is 1. The fraction of sp³-hybridized carbons (Fsp3) is 0.533. The monoisotopic (exact) mass is 294 g/mol. The smallest absolute Gasteiger partial charge is 0.326 e. The lowest BCUT2D eigenvalue weighted by molar-refractivity contribution is -0.143. The minimum absolute atomic E-state index is 0.235. The molecule has 0 aliphatic carbocycles. The van der Waals surface area contributed by atoms with Crippen molar-refractivity contribution in [3.63, 3.8) is 0 Å². The minimum Gasteiger partial charge on any atom is -0.480 e. The van der Waals surface area contributed by atoms with Gasteiger partial charge >= 0.3 is 5.97 Å². The Morgan fingerprint density at radius 2 is 2.00 bits per heavy atom. The first kappa shape index (κ1) is 16.9. The normalized spacial score (nSPS) is 13.7. The highest BCUT2D eigenvalue weighted by molar-refractivity contribution is 5.86. The van der Waals surface area contributed by atoms with E-state index in [-0.39, 0.29) is 11.5 Å². The SMILES string of the molecule is CCCC(C(=O)NC(C(=O)O)C(C)C)n1ccccc1=O. The molecule has 0 saturated carbocycles. The van der Waals surface area contributed by atoms with Crippen LogP contribution in [0.3, 0.4) is 0 Å². The molecule has 2 N–H and O–H groups in total. The van der Waals surface area contributed by atoms with Crippen molar-refractivity contribution in [3.05, 3.63) is 34.7 Å². The van der Waals surface area contributed by atoms with Crippen LogP contribution in [-0.2, 0) is 9.59 Å². The Labute approximate surface area is 123 Å². The van der Waals surface area contributed by atoms with Crippen LogP contribution in [0.4, 0.5) is 0 Å². The predicted molar refractivity (Wildman–Crippen MR) is 79.1 cm³/mol. The zero-order chi connectivity index (χ0) is 16.0. The topological polar surface area (TPSA) is 88.4 Å². The van der Waals surface area contributed by atoms with E-state index in [0.29, 0.717) is 12.8 Å². The van der Waals surface area contributed by atoms with Crippen molar-refractivity contribution in [2.45, 2.75) is 45.7 Å². The summed E-state index contributed by atoms with van der Waals surface area (Å²) in [6.45, 7) is 5.36. The van der Waals surface area contributed by atoms with E-state index in [1.807, 2.05) is 6.92 Å². The number of hydrogen-bond acceptors (Lipinski definition) is 3. The van der Waals surface area contributed by atoms with Crippen LogP contribution in [-0.4, -0.2) is 27.6 Å². The first-order valence-corrected chi connectivity index (χ1v) is 7.08. The molecular weight excluding hydrogens is 272 g/mol. The van der Waals surface area contributed by atoms with Crippen LogP contribution in [0.15, 0.2) is 29.2 Å². The maximum atomic E-state index is 12.4. The molecule has 116 valence electrons. The van der Waals surface area contributed by atoms with Crippen molar-refractivity contribution in [2.24, 2.45) is 5.92 Å². The van der Waals surface area contributed by atoms with Crippen molar-refractivity contribution in [1.29, 1.82) is 0 Å². The molecule has 2 atom stereocenters. The van der Waals surface area contributed by atoms with Gasteiger partial charge in [0.2, 0.25) is 5.91 Å². The van der Waals surface area contributed by atoms with Gasteiger partial charge in [0.25, 0.3) is 5.56 Å². The molecule has 0 fully saturated rings. The Balaban J connectivity index is 3.01. The van der Waals surface area contributed by atoms with E-state index in [9.17, 15) is 14.4 Å². The molecule has 0 aliphatic heterocycles. The number of aliphatic carboxylic acids is 1. The highest BCUT2D eigenvalue weighted by atomic mass is 16.4. The Morgan fingerprint density at radius 3 is 2.48 bits per heavy atom. The first-order chi connectivity index (χ1) is 9.88. The van der Waals surface area contributed by atoms with Gasteiger partial charge in [-0.05, 0) is 18.4 Å². The summed E-state index contributed by atoms with van der Waals surface area (Å²) in [5, 5.41) is 11.7. The van der Waals surface area contributed by atoms with Gasteiger partial charge in [0.1, 0.15) is 12.1 Å². The number of aromatic nitrogens is 1. The number of carbonyl (C=O) groups is 2. The predicted octanol–water partition coefficient (Wildman–Crippen LogP) is 1.41. The standard InChI is InChI=1S/C15H22N2O4/c1-4-7-11(17-9-6-5-8-12(17)18)14(19)16-13(10(2)3)15(20)21/h5-6,8-11,13H,4,7H2,1-3H3,(H,16,19)(H,20,21). The van der Waals surface area contributed by atoms with Gasteiger partial charge in [-0.15, -0.1) is 0 Å². The molecule has 0 bridgehead atoms. The summed E-state index contributed by atoms with van der Waals surface area (Å²) >= 11 is 0. The molecule has 0 radical (unpaired) electrons. The number of nitrogens with one attached hydrogen (secondary N) is 1. The zero-order valence-corrected chi connectivity index (χ0v) is 12.6. The first-order valence-electron chi connectivity index (χ1n) is 7.08. The highest BCUT2D eigenvalue weighted by Gasteiger charge is 2.28. The maximum Gasteiger partial charge on any atom is 0.326 e. The summed E-state index contributed by atoms with van der Waals surface area (Å²) in [6, 6.07) is 3.01. The van der Waals surface area contributed by atoms with Gasteiger partial charge in [0.15, 0.2) is 0 Å². The second kappa shape index (κ2) is 7.61. The average molecular weight is 294 g/mol. The highest BCUT2D eigenvalue weighted by Crippen LogP contribution is 2.13. The number of nitrogens with zero attached hydrogens (tertiary/aromatic N) is 1. The molecule has 0 saturated heterocycles. The van der Waals surface area contributed by atoms with E-state index in [1.165, 1.54) is 10.6 Å². The van der Waals surface area contributed by atoms with Gasteiger partial charge in [-0.25, -0.2) is 4.79 Å². The maximum absolute atomic E-state index is 12.4. The van der Waals surface area contributed by atoms with Gasteiger partial charge < -0.3 is 15.0 Å². The van der Waals surface area contributed by atoms with Crippen molar-refractivity contribution < 1.29 is 14.7 Å². The molecule has 1 aromatic heterocycles. The van der Waals surface area contributed by atoms with E-state index in [2.05, 4.69) is 5.32 Å². The van der Waals surface area contributed by atoms with E-state index in [0.717, 1.165) is 0 Å². The van der Waals surface area contributed by atoms with Crippen LogP contribution in [0.5, 0.6) is 0 Å². The van der Waals surface area contributed by atoms with Crippen LogP contribution in [0.2, 0.25) is 0 Å². The van der Waals surface area contributed by atoms with E-state index >= 15 is 0 Å². The Kier molecular flexibility index (Phi) is 6.14. The van der Waals surface area contributed by atoms with Gasteiger partial charge in [-0.2, -0.15) is 0 Å². The molecule has 1 heterocycles. The number of hydrogen-bond donors (Lipinski definition) is 2. The summed E-state index contributed by atoms with van der Waals surface area (Å²) in [5.41, 5.74) is -0.275. The molecule has 6 heteroatoms. The molecule has 21 heavy (non-hydrogen) atoms. The molecule has 2 unspecified atom stereocenters. The third-order valence-electron chi connectivity index (χ3n) is 3.28. The number of carboxylic acid groups (broad SMARTS) is 1. The van der Waals surface area contributed by atoms with Crippen LogP contribution >= 0.6 is 0 Å². The van der Waals surface area contributed by atoms with E-state index < -0.39 is 24.0 Å². The number of amides is 1. The van der Waals surface area contributed by atoms with Gasteiger partial charge in [0, 0.05) is 12.3 Å². The molecule has 1 rings (SSSR count). The fourth-order valence-electron chi connectivity index (χ4n) is 2.13. The zero-order valence-electron chi connectivity index (χ0n) is 12.6. The Morgan fingerprint density at radius 1 is 1.33 bits per heavy atom. The van der Waals surface area contributed by atoms with Crippen molar-refractivity contribution in [2.75, 3.05) is 0 Å². The molecule has 0 aliphatic rings. The molecule has 0 aromatic carbocycles. The molecule has 1 amide bonds. The average Bonchev–Trinajstić information content (AvgIpc) is 2.42. The van der Waals surface area contributed by atoms with Crippen molar-refractivity contribution in [3.8, 4) is 0 Å². The van der Waals surface area contributed by atoms with E-state index in [1.54, 1.807) is 32.2 Å². The number of pyridine rings is 1. The number of carboxylic acids is 1. The molecule has 0 spiro atoms. The largest absolute Gasteiger partial charge is 0.480 e. The van der Waals surface area contributed by atoms with Crippen molar-refractivity contribution >= 4 is 11.9 Å². The second-order valence-corrected chi connectivity index (χ2v) is 5.32. The lowest BCUT2D eigenvalue weighted by Gasteiger charge is -2.23. The number of rotatable bonds is 7. The van der Waals surface area contributed by atoms with Gasteiger partial charge in [-0.1, -0.05) is 33.3 Å². The molecule has 1 aromatic rings. The lowest BCUT2D eigenvalue weighted by Crippen LogP contribution is -2.48. The lowest BCUT2D eigenvalue weighted by atomic mass is 10.0. The van der Waals surface area contributed by atoms with Crippen LogP contribution in [0.1, 0.15) is 39.7 Å². The van der Waals surface area contributed by atoms with Crippen LogP contribution < -0.4 is 10.9 Å². The van der Waals surface area contributed by atoms with Gasteiger partial charge in [-0.3, -0.25) is 9.59 Å². The fourth-order valence-corrected chi connectivity index (χ4v) is 2.13. The summed E-state index contributed by atoms with van der Waals surface area (Å²) < 4.78 is 1.35. The minimum atomic E-state index is -1.07. The summed E-state index contributed by atoms with van der Waals surface area (Å²) in [5.74, 6) is -1.75. The van der Waals surface area contributed by atoms with Crippen molar-refractivity contribution in [1.82, 2.24) is 9.88 Å². The quantitative estimate of drug-likeness (QED) is 0.796.